The number of hydrogen-bond acceptors (Lipinski definition) is 2. The van der Waals surface area contributed by atoms with Crippen molar-refractivity contribution in [1.82, 2.24) is 4.90 Å². The van der Waals surface area contributed by atoms with Crippen LogP contribution in [-0.4, -0.2) is 29.8 Å². The van der Waals surface area contributed by atoms with Gasteiger partial charge in [0.05, 0.1) is 0 Å². The minimum absolute atomic E-state index is 0.0292. The third-order valence-electron chi connectivity index (χ3n) is 4.52. The van der Waals surface area contributed by atoms with Crippen molar-refractivity contribution in [2.24, 2.45) is 0 Å². The van der Waals surface area contributed by atoms with E-state index >= 15 is 0 Å². The average Bonchev–Trinajstić information content (AvgIpc) is 2.60. The molecule has 0 aliphatic rings. The Bertz CT molecular complexity index is 772. The first-order chi connectivity index (χ1) is 12.4. The predicted molar refractivity (Wildman–Crippen MR) is 107 cm³/mol. The Morgan fingerprint density at radius 2 is 1.73 bits per heavy atom. The molecule has 0 saturated carbocycles. The molecular formula is C21H25ClN2O2. The van der Waals surface area contributed by atoms with E-state index < -0.39 is 0 Å². The van der Waals surface area contributed by atoms with E-state index in [4.69, 9.17) is 11.6 Å². The van der Waals surface area contributed by atoms with Crippen LogP contribution in [-0.2, 0) is 16.0 Å². The largest absolute Gasteiger partial charge is 0.342 e. The van der Waals surface area contributed by atoms with Gasteiger partial charge in [0, 0.05) is 37.1 Å². The number of hydrogen-bond donors (Lipinski definition) is 1. The van der Waals surface area contributed by atoms with Crippen LogP contribution in [0.15, 0.2) is 42.5 Å². The monoisotopic (exact) mass is 372 g/mol. The summed E-state index contributed by atoms with van der Waals surface area (Å²) in [5, 5.41) is 3.63. The van der Waals surface area contributed by atoms with Gasteiger partial charge in [-0.15, -0.1) is 0 Å². The Labute approximate surface area is 160 Å². The molecule has 2 aromatic rings. The normalized spacial score (nSPS) is 10.5. The van der Waals surface area contributed by atoms with Crippen molar-refractivity contribution in [1.29, 1.82) is 0 Å². The maximum atomic E-state index is 12.3. The second-order valence-electron chi connectivity index (χ2n) is 6.43. The van der Waals surface area contributed by atoms with Crippen LogP contribution in [0.4, 0.5) is 5.69 Å². The molecule has 5 heteroatoms. The van der Waals surface area contributed by atoms with Crippen LogP contribution in [0.3, 0.4) is 0 Å². The zero-order valence-corrected chi connectivity index (χ0v) is 16.3. The van der Waals surface area contributed by atoms with Gasteiger partial charge in [-0.05, 0) is 55.2 Å². The smallest absolute Gasteiger partial charge is 0.226 e. The topological polar surface area (TPSA) is 49.4 Å². The number of carbonyl (C=O) groups excluding carboxylic acids is 2. The summed E-state index contributed by atoms with van der Waals surface area (Å²) in [7, 11) is 0. The summed E-state index contributed by atoms with van der Waals surface area (Å²) in [5.74, 6) is -0.116. The number of benzene rings is 2. The van der Waals surface area contributed by atoms with Crippen LogP contribution in [0.5, 0.6) is 0 Å². The first-order valence-corrected chi connectivity index (χ1v) is 9.10. The fourth-order valence-corrected chi connectivity index (χ4v) is 2.80. The fraction of sp³-hybridized carbons (Fsp3) is 0.333. The summed E-state index contributed by atoms with van der Waals surface area (Å²) >= 11 is 5.89. The van der Waals surface area contributed by atoms with Gasteiger partial charge < -0.3 is 10.2 Å². The van der Waals surface area contributed by atoms with Gasteiger partial charge in [-0.1, -0.05) is 35.9 Å². The Balaban J connectivity index is 1.87. The lowest BCUT2D eigenvalue weighted by atomic mass is 10.1. The van der Waals surface area contributed by atoms with Gasteiger partial charge in [-0.25, -0.2) is 0 Å². The fourth-order valence-electron chi connectivity index (χ4n) is 2.68. The number of halogens is 1. The minimum atomic E-state index is -0.0866. The number of amides is 2. The van der Waals surface area contributed by atoms with Crippen molar-refractivity contribution in [2.45, 2.75) is 33.6 Å². The van der Waals surface area contributed by atoms with Crippen molar-refractivity contribution in [3.8, 4) is 0 Å². The van der Waals surface area contributed by atoms with E-state index in [9.17, 15) is 9.59 Å². The molecule has 2 rings (SSSR count). The Morgan fingerprint density at radius 1 is 1.04 bits per heavy atom. The molecule has 0 aliphatic carbocycles. The molecule has 138 valence electrons. The van der Waals surface area contributed by atoms with Crippen LogP contribution in [0.1, 0.15) is 30.0 Å². The first kappa shape index (κ1) is 20.0. The van der Waals surface area contributed by atoms with Gasteiger partial charge in [0.15, 0.2) is 0 Å². The van der Waals surface area contributed by atoms with Gasteiger partial charge in [-0.2, -0.15) is 0 Å². The summed E-state index contributed by atoms with van der Waals surface area (Å²) in [5.41, 5.74) is 4.13. The summed E-state index contributed by atoms with van der Waals surface area (Å²) in [4.78, 5) is 25.8. The molecule has 0 spiro atoms. The van der Waals surface area contributed by atoms with Crippen LogP contribution in [0.2, 0.25) is 5.02 Å². The quantitative estimate of drug-likeness (QED) is 0.784. The molecular weight excluding hydrogens is 348 g/mol. The van der Waals surface area contributed by atoms with Crippen molar-refractivity contribution in [3.63, 3.8) is 0 Å². The van der Waals surface area contributed by atoms with E-state index in [2.05, 4.69) is 5.32 Å². The van der Waals surface area contributed by atoms with Gasteiger partial charge in [0.1, 0.15) is 0 Å². The molecule has 2 amide bonds. The van der Waals surface area contributed by atoms with Crippen LogP contribution in [0, 0.1) is 13.8 Å². The van der Waals surface area contributed by atoms with Gasteiger partial charge in [-0.3, -0.25) is 9.59 Å². The number of anilines is 1. The van der Waals surface area contributed by atoms with Crippen LogP contribution < -0.4 is 5.32 Å². The second kappa shape index (κ2) is 9.39. The zero-order valence-electron chi connectivity index (χ0n) is 15.5. The molecule has 0 aliphatic heterocycles. The van der Waals surface area contributed by atoms with Gasteiger partial charge in [0.2, 0.25) is 11.8 Å². The first-order valence-electron chi connectivity index (χ1n) is 8.73. The number of nitrogens with zero attached hydrogens (tertiary/aromatic N) is 1. The van der Waals surface area contributed by atoms with E-state index in [0.717, 1.165) is 28.8 Å². The lowest BCUT2D eigenvalue weighted by Crippen LogP contribution is -2.33. The molecule has 4 nitrogen and oxygen atoms in total. The van der Waals surface area contributed by atoms with E-state index in [1.807, 2.05) is 56.3 Å². The Morgan fingerprint density at radius 3 is 2.38 bits per heavy atom. The predicted octanol–water partition coefficient (Wildman–Crippen LogP) is 4.38. The second-order valence-corrected chi connectivity index (χ2v) is 6.86. The molecule has 0 unspecified atom stereocenters. The highest BCUT2D eigenvalue weighted by Crippen LogP contribution is 2.18. The SMILES string of the molecule is CC(=O)N(CCC(=O)Nc1cccc(C)c1C)CCc1ccc(Cl)cc1. The molecule has 0 aromatic heterocycles. The molecule has 0 radical (unpaired) electrons. The maximum Gasteiger partial charge on any atom is 0.226 e. The summed E-state index contributed by atoms with van der Waals surface area (Å²) < 4.78 is 0. The molecule has 0 heterocycles. The molecule has 2 aromatic carbocycles. The number of rotatable bonds is 7. The van der Waals surface area contributed by atoms with Gasteiger partial charge in [0.25, 0.3) is 0 Å². The van der Waals surface area contributed by atoms with Crippen LogP contribution >= 0.6 is 11.6 Å². The van der Waals surface area contributed by atoms with E-state index in [1.54, 1.807) is 4.90 Å². The maximum absolute atomic E-state index is 12.3. The number of aryl methyl sites for hydroxylation is 1. The van der Waals surface area contributed by atoms with Crippen molar-refractivity contribution in [3.05, 3.63) is 64.2 Å². The highest BCUT2D eigenvalue weighted by atomic mass is 35.5. The third-order valence-corrected chi connectivity index (χ3v) is 4.77. The third kappa shape index (κ3) is 5.88. The lowest BCUT2D eigenvalue weighted by molar-refractivity contribution is -0.129. The molecule has 26 heavy (non-hydrogen) atoms. The Hall–Kier alpha value is -2.33. The number of nitrogens with one attached hydrogen (secondary N) is 1. The number of carbonyl (C=O) groups is 2. The Kier molecular flexibility index (Phi) is 7.22. The minimum Gasteiger partial charge on any atom is -0.342 e. The highest BCUT2D eigenvalue weighted by molar-refractivity contribution is 6.30. The summed E-state index contributed by atoms with van der Waals surface area (Å²) in [6.45, 7) is 6.51. The van der Waals surface area contributed by atoms with Crippen LogP contribution in [0.25, 0.3) is 0 Å². The average molecular weight is 373 g/mol. The standard InChI is InChI=1S/C21H25ClN2O2/c1-15-5-4-6-20(16(15)2)23-21(26)12-14-24(17(3)25)13-11-18-7-9-19(22)10-8-18/h4-10H,11-14H2,1-3H3,(H,23,26). The van der Waals surface area contributed by atoms with E-state index in [0.29, 0.717) is 18.1 Å². The molecule has 0 bridgehead atoms. The van der Waals surface area contributed by atoms with Gasteiger partial charge >= 0.3 is 0 Å². The molecule has 0 atom stereocenters. The zero-order chi connectivity index (χ0) is 19.1. The van der Waals surface area contributed by atoms with Crippen molar-refractivity contribution >= 4 is 29.1 Å². The van der Waals surface area contributed by atoms with Crippen molar-refractivity contribution in [2.75, 3.05) is 18.4 Å². The molecule has 1 N–H and O–H groups in total. The summed E-state index contributed by atoms with van der Waals surface area (Å²) in [6.07, 6.45) is 1.00. The lowest BCUT2D eigenvalue weighted by Gasteiger charge is -2.21. The summed E-state index contributed by atoms with van der Waals surface area (Å²) in [6, 6.07) is 13.4. The molecule has 0 fully saturated rings. The highest BCUT2D eigenvalue weighted by Gasteiger charge is 2.12. The van der Waals surface area contributed by atoms with E-state index in [1.165, 1.54) is 6.92 Å². The van der Waals surface area contributed by atoms with Crippen molar-refractivity contribution < 1.29 is 9.59 Å². The molecule has 0 saturated heterocycles. The van der Waals surface area contributed by atoms with E-state index in [-0.39, 0.29) is 18.2 Å².